The van der Waals surface area contributed by atoms with E-state index in [1.54, 1.807) is 0 Å². The largest absolute Gasteiger partial charge is 0.449 e. The summed E-state index contributed by atoms with van der Waals surface area (Å²) in [6.45, 7) is 5.73. The Morgan fingerprint density at radius 2 is 1.57 bits per heavy atom. The number of benzene rings is 2. The van der Waals surface area contributed by atoms with Crippen LogP contribution in [0, 0.1) is 0 Å². The van der Waals surface area contributed by atoms with E-state index >= 15 is 0 Å². The smallest absolute Gasteiger partial charge is 0.338 e. The highest BCUT2D eigenvalue weighted by molar-refractivity contribution is 7.90. The number of anilines is 1. The first-order valence-electron chi connectivity index (χ1n) is 9.03. The van der Waals surface area contributed by atoms with E-state index in [0.29, 0.717) is 11.6 Å². The van der Waals surface area contributed by atoms with Gasteiger partial charge in [-0.2, -0.15) is 0 Å². The minimum absolute atomic E-state index is 0.107. The van der Waals surface area contributed by atoms with E-state index in [1.807, 2.05) is 24.3 Å². The third-order valence-corrected chi connectivity index (χ3v) is 5.66. The van der Waals surface area contributed by atoms with Crippen LogP contribution < -0.4 is 5.32 Å². The molecule has 150 valence electrons. The summed E-state index contributed by atoms with van der Waals surface area (Å²) in [6, 6.07) is 12.9. The predicted octanol–water partition coefficient (Wildman–Crippen LogP) is 3.79. The van der Waals surface area contributed by atoms with Gasteiger partial charge in [-0.15, -0.1) is 0 Å². The standard InChI is InChI=1S/C21H25NO5S/c1-5-14(2)16-6-10-18(11-7-16)22-20(23)15(3)27-21(24)17-8-12-19(13-9-17)28(4,25)26/h6-15H,5H2,1-4H3,(H,22,23)/t14-,15+/m0/s1. The number of esters is 1. The topological polar surface area (TPSA) is 89.5 Å². The fourth-order valence-corrected chi connectivity index (χ4v) is 3.13. The second-order valence-electron chi connectivity index (χ2n) is 6.76. The van der Waals surface area contributed by atoms with Gasteiger partial charge in [-0.05, 0) is 61.2 Å². The van der Waals surface area contributed by atoms with Crippen molar-refractivity contribution in [1.29, 1.82) is 0 Å². The second kappa shape index (κ2) is 9.01. The predicted molar refractivity (Wildman–Crippen MR) is 108 cm³/mol. The number of carbonyl (C=O) groups is 2. The Bertz CT molecular complexity index is 934. The maximum Gasteiger partial charge on any atom is 0.338 e. The average Bonchev–Trinajstić information content (AvgIpc) is 2.67. The Morgan fingerprint density at radius 1 is 1.00 bits per heavy atom. The SMILES string of the molecule is CC[C@H](C)c1ccc(NC(=O)[C@@H](C)OC(=O)c2ccc(S(C)(=O)=O)cc2)cc1. The molecule has 0 radical (unpaired) electrons. The van der Waals surface area contributed by atoms with Gasteiger partial charge in [0.15, 0.2) is 15.9 Å². The van der Waals surface area contributed by atoms with Gasteiger partial charge in [0.05, 0.1) is 10.5 Å². The molecule has 28 heavy (non-hydrogen) atoms. The Labute approximate surface area is 165 Å². The van der Waals surface area contributed by atoms with Crippen molar-refractivity contribution in [2.45, 2.75) is 44.1 Å². The van der Waals surface area contributed by atoms with Gasteiger partial charge in [0.2, 0.25) is 0 Å². The van der Waals surface area contributed by atoms with Crippen molar-refractivity contribution in [1.82, 2.24) is 0 Å². The maximum absolute atomic E-state index is 12.3. The van der Waals surface area contributed by atoms with Gasteiger partial charge in [0.25, 0.3) is 5.91 Å². The number of hydrogen-bond acceptors (Lipinski definition) is 5. The average molecular weight is 404 g/mol. The summed E-state index contributed by atoms with van der Waals surface area (Å²) >= 11 is 0. The molecule has 0 fully saturated rings. The molecule has 0 aliphatic heterocycles. The lowest BCUT2D eigenvalue weighted by molar-refractivity contribution is -0.123. The molecule has 2 aromatic rings. The molecule has 2 aromatic carbocycles. The van der Waals surface area contributed by atoms with E-state index in [9.17, 15) is 18.0 Å². The lowest BCUT2D eigenvalue weighted by Crippen LogP contribution is -2.30. The van der Waals surface area contributed by atoms with Crippen LogP contribution in [0.5, 0.6) is 0 Å². The third-order valence-electron chi connectivity index (χ3n) is 4.53. The molecule has 0 unspecified atom stereocenters. The second-order valence-corrected chi connectivity index (χ2v) is 8.78. The summed E-state index contributed by atoms with van der Waals surface area (Å²) in [4.78, 5) is 24.6. The molecular formula is C21H25NO5S. The molecule has 0 aliphatic carbocycles. The molecule has 7 heteroatoms. The van der Waals surface area contributed by atoms with Crippen molar-refractivity contribution in [3.8, 4) is 0 Å². The van der Waals surface area contributed by atoms with Crippen LogP contribution in [-0.4, -0.2) is 32.7 Å². The summed E-state index contributed by atoms with van der Waals surface area (Å²) in [5.74, 6) is -0.703. The number of carbonyl (C=O) groups excluding carboxylic acids is 2. The Hall–Kier alpha value is -2.67. The first-order valence-corrected chi connectivity index (χ1v) is 10.9. The molecule has 6 nitrogen and oxygen atoms in total. The lowest BCUT2D eigenvalue weighted by atomic mass is 9.99. The van der Waals surface area contributed by atoms with Gasteiger partial charge in [-0.1, -0.05) is 26.0 Å². The van der Waals surface area contributed by atoms with Crippen molar-refractivity contribution < 1.29 is 22.7 Å². The van der Waals surface area contributed by atoms with E-state index in [0.717, 1.165) is 12.7 Å². The highest BCUT2D eigenvalue weighted by atomic mass is 32.2. The van der Waals surface area contributed by atoms with Crippen LogP contribution in [0.2, 0.25) is 0 Å². The molecule has 1 amide bonds. The molecule has 0 bridgehead atoms. The minimum Gasteiger partial charge on any atom is -0.449 e. The molecule has 0 heterocycles. The zero-order valence-corrected chi connectivity index (χ0v) is 17.2. The molecule has 0 saturated heterocycles. The normalized spacial score (nSPS) is 13.4. The number of hydrogen-bond donors (Lipinski definition) is 1. The van der Waals surface area contributed by atoms with E-state index < -0.39 is 27.8 Å². The van der Waals surface area contributed by atoms with Crippen LogP contribution in [0.15, 0.2) is 53.4 Å². The Morgan fingerprint density at radius 3 is 2.07 bits per heavy atom. The molecule has 2 rings (SSSR count). The first kappa shape index (κ1) is 21.6. The molecule has 0 saturated carbocycles. The molecule has 0 aliphatic rings. The van der Waals surface area contributed by atoms with E-state index in [4.69, 9.17) is 4.74 Å². The van der Waals surface area contributed by atoms with Crippen molar-refractivity contribution in [3.05, 3.63) is 59.7 Å². The van der Waals surface area contributed by atoms with Crippen LogP contribution in [0.1, 0.15) is 49.0 Å². The van der Waals surface area contributed by atoms with Crippen molar-refractivity contribution in [2.24, 2.45) is 0 Å². The van der Waals surface area contributed by atoms with Crippen LogP contribution in [0.25, 0.3) is 0 Å². The Balaban J connectivity index is 1.97. The monoisotopic (exact) mass is 403 g/mol. The molecule has 0 spiro atoms. The zero-order chi connectivity index (χ0) is 20.9. The van der Waals surface area contributed by atoms with Crippen molar-refractivity contribution in [3.63, 3.8) is 0 Å². The lowest BCUT2D eigenvalue weighted by Gasteiger charge is -2.14. The zero-order valence-electron chi connectivity index (χ0n) is 16.4. The summed E-state index contributed by atoms with van der Waals surface area (Å²) in [6.07, 6.45) is 1.11. The van der Waals surface area contributed by atoms with Crippen LogP contribution in [0.3, 0.4) is 0 Å². The summed E-state index contributed by atoms with van der Waals surface area (Å²) < 4.78 is 28.1. The van der Waals surface area contributed by atoms with Gasteiger partial charge >= 0.3 is 5.97 Å². The van der Waals surface area contributed by atoms with Gasteiger partial charge in [-0.3, -0.25) is 4.79 Å². The fourth-order valence-electron chi connectivity index (χ4n) is 2.49. The number of ether oxygens (including phenoxy) is 1. The number of nitrogens with one attached hydrogen (secondary N) is 1. The molecule has 1 N–H and O–H groups in total. The van der Waals surface area contributed by atoms with E-state index in [2.05, 4.69) is 19.2 Å². The highest BCUT2D eigenvalue weighted by Gasteiger charge is 2.19. The summed E-state index contributed by atoms with van der Waals surface area (Å²) in [7, 11) is -3.34. The summed E-state index contributed by atoms with van der Waals surface area (Å²) in [5, 5.41) is 2.72. The van der Waals surface area contributed by atoms with Crippen LogP contribution >= 0.6 is 0 Å². The van der Waals surface area contributed by atoms with Gasteiger partial charge in [0, 0.05) is 11.9 Å². The molecule has 0 aromatic heterocycles. The first-order chi connectivity index (χ1) is 13.1. The maximum atomic E-state index is 12.3. The number of amides is 1. The van der Waals surface area contributed by atoms with Gasteiger partial charge < -0.3 is 10.1 Å². The fraction of sp³-hybridized carbons (Fsp3) is 0.333. The third kappa shape index (κ3) is 5.66. The quantitative estimate of drug-likeness (QED) is 0.711. The van der Waals surface area contributed by atoms with Crippen LogP contribution in [-0.2, 0) is 19.4 Å². The minimum atomic E-state index is -3.34. The van der Waals surface area contributed by atoms with Gasteiger partial charge in [-0.25, -0.2) is 13.2 Å². The van der Waals surface area contributed by atoms with E-state index in [1.165, 1.54) is 36.8 Å². The van der Waals surface area contributed by atoms with Crippen LogP contribution in [0.4, 0.5) is 5.69 Å². The highest BCUT2D eigenvalue weighted by Crippen LogP contribution is 2.20. The summed E-state index contributed by atoms with van der Waals surface area (Å²) in [5.41, 5.74) is 1.99. The molecule has 2 atom stereocenters. The van der Waals surface area contributed by atoms with Crippen molar-refractivity contribution >= 4 is 27.4 Å². The number of sulfone groups is 1. The van der Waals surface area contributed by atoms with E-state index in [-0.39, 0.29) is 10.5 Å². The van der Waals surface area contributed by atoms with Crippen molar-refractivity contribution in [2.75, 3.05) is 11.6 Å². The van der Waals surface area contributed by atoms with Gasteiger partial charge in [0.1, 0.15) is 0 Å². The number of rotatable bonds is 7. The molecular weight excluding hydrogens is 378 g/mol. The Kier molecular flexibility index (Phi) is 6.96.